The number of carbonyl (C=O) groups is 3. The van der Waals surface area contributed by atoms with Gasteiger partial charge in [-0.3, -0.25) is 14.4 Å². The van der Waals surface area contributed by atoms with Crippen molar-refractivity contribution in [3.8, 4) is 0 Å². The van der Waals surface area contributed by atoms with Gasteiger partial charge in [-0.25, -0.2) is 46.5 Å². The Morgan fingerprint density at radius 2 is 0.816 bits per heavy atom. The number of nitrogens with zero attached hydrogens (tertiary/aromatic N) is 10. The first-order valence-corrected chi connectivity index (χ1v) is 36.5. The Bertz CT molecular complexity index is 5250. The van der Waals surface area contributed by atoms with Crippen LogP contribution in [0.25, 0.3) is 49.6 Å². The topological polar surface area (TPSA) is 201 Å². The highest BCUT2D eigenvalue weighted by Gasteiger charge is 2.35. The fourth-order valence-electron chi connectivity index (χ4n) is 13.9. The van der Waals surface area contributed by atoms with E-state index >= 15 is 0 Å². The van der Waals surface area contributed by atoms with Crippen molar-refractivity contribution in [1.82, 2.24) is 31.6 Å². The van der Waals surface area contributed by atoms with Crippen LogP contribution in [0.5, 0.6) is 0 Å². The number of aromatic nitrogens is 4. The molecule has 3 amide bonds. The van der Waals surface area contributed by atoms with E-state index in [1.54, 1.807) is 81.8 Å². The average molecular weight is 1390 g/mol. The lowest BCUT2D eigenvalue weighted by molar-refractivity contribution is -0.137. The third-order valence-electron chi connectivity index (χ3n) is 19.3. The van der Waals surface area contributed by atoms with Gasteiger partial charge in [0.05, 0.1) is 31.3 Å². The summed E-state index contributed by atoms with van der Waals surface area (Å²) in [5, 5.41) is 1.68. The summed E-state index contributed by atoms with van der Waals surface area (Å²) in [5.74, 6) is -0.614. The van der Waals surface area contributed by atoms with Crippen molar-refractivity contribution in [2.24, 2.45) is 0 Å². The first-order valence-electron chi connectivity index (χ1n) is 32.2. The summed E-state index contributed by atoms with van der Waals surface area (Å²) in [6.45, 7) is 10.8. The molecular formula is C72H72F4N10O9S3. The van der Waals surface area contributed by atoms with Crippen molar-refractivity contribution >= 4 is 114 Å². The van der Waals surface area contributed by atoms with Crippen molar-refractivity contribution in [1.29, 1.82) is 0 Å². The molecule has 0 saturated carbocycles. The number of carbonyl (C=O) groups excluding carboxylic acids is 3. The lowest BCUT2D eigenvalue weighted by Crippen LogP contribution is -2.25. The molecular weight excluding hydrogens is 1320 g/mol. The zero-order chi connectivity index (χ0) is 69.5. The zero-order valence-electron chi connectivity index (χ0n) is 54.8. The molecule has 0 atom stereocenters. The van der Waals surface area contributed by atoms with E-state index in [0.717, 1.165) is 123 Å². The fourth-order valence-corrected chi connectivity index (χ4v) is 18.1. The van der Waals surface area contributed by atoms with Gasteiger partial charge in [0.25, 0.3) is 30.1 Å². The van der Waals surface area contributed by atoms with Crippen LogP contribution in [0.15, 0.2) is 161 Å². The number of rotatable bonds is 9. The van der Waals surface area contributed by atoms with E-state index in [9.17, 15) is 57.2 Å². The van der Waals surface area contributed by atoms with Crippen LogP contribution in [0, 0.1) is 5.82 Å². The first-order chi connectivity index (χ1) is 46.6. The molecule has 15 rings (SSSR count). The third kappa shape index (κ3) is 12.6. The monoisotopic (exact) mass is 1390 g/mol. The minimum absolute atomic E-state index is 0.0300. The molecule has 0 unspecified atom stereocenters. The second-order valence-electron chi connectivity index (χ2n) is 25.7. The number of hydrogen-bond donors (Lipinski definition) is 0. The quantitative estimate of drug-likeness (QED) is 0.124. The van der Waals surface area contributed by atoms with E-state index in [0.29, 0.717) is 79.7 Å². The summed E-state index contributed by atoms with van der Waals surface area (Å²) in [7, 11) is -5.81. The van der Waals surface area contributed by atoms with Crippen LogP contribution in [-0.2, 0) is 69.9 Å². The van der Waals surface area contributed by atoms with Gasteiger partial charge in [-0.1, -0.05) is 18.2 Å². The molecule has 0 saturated heterocycles. The van der Waals surface area contributed by atoms with Gasteiger partial charge in [0.1, 0.15) is 5.82 Å². The molecule has 0 N–H and O–H groups in total. The van der Waals surface area contributed by atoms with Gasteiger partial charge in [0.15, 0.2) is 5.65 Å². The van der Waals surface area contributed by atoms with Crippen molar-refractivity contribution in [2.75, 3.05) is 94.7 Å². The molecule has 4 aromatic heterocycles. The van der Waals surface area contributed by atoms with Crippen LogP contribution in [0.3, 0.4) is 0 Å². The lowest BCUT2D eigenvalue weighted by Gasteiger charge is -2.21. The molecule has 19 nitrogen and oxygen atoms in total. The molecule has 0 fully saturated rings. The molecule has 0 bridgehead atoms. The molecule has 6 aliphatic heterocycles. The molecule has 10 heterocycles. The maximum atomic E-state index is 14.1. The molecule has 26 heteroatoms. The predicted octanol–water partition coefficient (Wildman–Crippen LogP) is 11.1. The number of hydrogen-bond acceptors (Lipinski definition) is 13. The van der Waals surface area contributed by atoms with Gasteiger partial charge in [-0.2, -0.15) is 13.2 Å². The average Bonchev–Trinajstić information content (AvgIpc) is 1.62. The predicted molar refractivity (Wildman–Crippen MR) is 371 cm³/mol. The third-order valence-corrected chi connectivity index (χ3v) is 24.3. The molecule has 6 aliphatic rings. The van der Waals surface area contributed by atoms with Crippen molar-refractivity contribution in [3.05, 3.63) is 191 Å². The molecule has 0 aliphatic carbocycles. The maximum absolute atomic E-state index is 14.1. The summed E-state index contributed by atoms with van der Waals surface area (Å²) < 4.78 is 140. The van der Waals surface area contributed by atoms with E-state index in [-0.39, 0.29) is 43.3 Å². The summed E-state index contributed by atoms with van der Waals surface area (Å²) in [6, 6.07) is 25.6. The Morgan fingerprint density at radius 1 is 0.439 bits per heavy atom. The number of alkyl halides is 3. The second-order valence-corrected chi connectivity index (χ2v) is 31.1. The zero-order valence-corrected chi connectivity index (χ0v) is 57.3. The van der Waals surface area contributed by atoms with Gasteiger partial charge >= 0.3 is 6.18 Å². The summed E-state index contributed by atoms with van der Waals surface area (Å²) in [4.78, 5) is 51.7. The number of halogens is 4. The van der Waals surface area contributed by atoms with E-state index < -0.39 is 47.6 Å². The molecule has 98 heavy (non-hydrogen) atoms. The van der Waals surface area contributed by atoms with Crippen LogP contribution in [0.4, 0.5) is 34.6 Å². The standard InChI is InChI=1S/C25H24F3N3O3S.C24H24FN3O3S.C23H24N4O3S/c1-16(32)30-12-9-18-13-20(4-6-23(18)30)35(33,34)31-15-22(17-7-10-29(2)11-8-17)21-14-19(25(26,27)28)3-5-24(21)31;1-16(29)27-12-9-18-13-20(4-6-23(18)27)32(30,31)28-15-22(17-7-10-26(2)11-8-17)21-14-19(25)3-5-24(21)28;1-16(28)26-13-9-18-14-19(5-6-22(18)26)31(29,30)27-15-21(17-7-11-25(2)12-8-17)20-4-3-10-24-23(20)27/h3-7,13-15H,8-12H2,1-2H3;3-7,13-15H,8-12H2,1-2H3;3-7,10,14-15H,8-9,11-13H2,1-2H3. The van der Waals surface area contributed by atoms with Crippen molar-refractivity contribution in [2.45, 2.75) is 80.2 Å². The molecule has 9 aromatic rings. The van der Waals surface area contributed by atoms with E-state index in [4.69, 9.17) is 0 Å². The molecule has 0 radical (unpaired) electrons. The van der Waals surface area contributed by atoms with Crippen LogP contribution >= 0.6 is 0 Å². The molecule has 5 aromatic carbocycles. The Labute approximate surface area is 565 Å². The van der Waals surface area contributed by atoms with Gasteiger partial charge in [0.2, 0.25) is 17.7 Å². The lowest BCUT2D eigenvalue weighted by atomic mass is 9.98. The largest absolute Gasteiger partial charge is 0.416 e. The minimum Gasteiger partial charge on any atom is -0.312 e. The van der Waals surface area contributed by atoms with Gasteiger partial charge < -0.3 is 29.4 Å². The highest BCUT2D eigenvalue weighted by Crippen LogP contribution is 2.41. The van der Waals surface area contributed by atoms with E-state index in [1.165, 1.54) is 65.2 Å². The van der Waals surface area contributed by atoms with Crippen LogP contribution in [0.2, 0.25) is 0 Å². The van der Waals surface area contributed by atoms with E-state index in [1.807, 2.05) is 32.3 Å². The first kappa shape index (κ1) is 67.5. The van der Waals surface area contributed by atoms with Crippen molar-refractivity contribution in [3.63, 3.8) is 0 Å². The Hall–Kier alpha value is -9.05. The number of amides is 3. The SMILES string of the molecule is CC(=O)N1CCc2cc(S(=O)(=O)n3cc(C4=CCN(C)CC4)c4cc(C(F)(F)F)ccc43)ccc21.CC(=O)N1CCc2cc(S(=O)(=O)n3cc(C4=CCN(C)CC4)c4cc(F)ccc43)ccc21.CC(=O)N1CCc2cc(S(=O)(=O)n3cc(C4=CCN(C)CC4)c4cccnc43)ccc21. The highest BCUT2D eigenvalue weighted by atomic mass is 32.2. The summed E-state index contributed by atoms with van der Waals surface area (Å²) in [5.41, 5.74) is 10.1. The summed E-state index contributed by atoms with van der Waals surface area (Å²) in [6.07, 6.45) is 12.0. The van der Waals surface area contributed by atoms with Gasteiger partial charge in [-0.05, 0) is 196 Å². The second kappa shape index (κ2) is 26.0. The number of fused-ring (bicyclic) bond motifs is 6. The van der Waals surface area contributed by atoms with Gasteiger partial charge in [-0.15, -0.1) is 0 Å². The number of likely N-dealkylation sites (N-methyl/N-ethyl adjacent to an activating group) is 3. The van der Waals surface area contributed by atoms with Crippen LogP contribution in [-0.4, -0.2) is 155 Å². The molecule has 0 spiro atoms. The fraction of sp³-hybridized carbons (Fsp3) is 0.306. The minimum atomic E-state index is -4.55. The normalized spacial score (nSPS) is 17.0. The van der Waals surface area contributed by atoms with E-state index in [2.05, 4.69) is 38.9 Å². The van der Waals surface area contributed by atoms with Crippen molar-refractivity contribution < 1.29 is 57.2 Å². The maximum Gasteiger partial charge on any atom is 0.416 e. The van der Waals surface area contributed by atoms with Gasteiger partial charge in [0, 0.05) is 154 Å². The smallest absolute Gasteiger partial charge is 0.312 e. The number of benzene rings is 5. The number of anilines is 3. The van der Waals surface area contributed by atoms with Crippen LogP contribution < -0.4 is 14.7 Å². The Morgan fingerprint density at radius 3 is 1.20 bits per heavy atom. The Kier molecular flexibility index (Phi) is 17.9. The highest BCUT2D eigenvalue weighted by molar-refractivity contribution is 7.90. The Balaban J connectivity index is 0.000000133. The molecule has 510 valence electrons. The summed E-state index contributed by atoms with van der Waals surface area (Å²) >= 11 is 0. The number of pyridine rings is 1. The van der Waals surface area contributed by atoms with Crippen LogP contribution in [0.1, 0.15) is 79.0 Å².